The molecule has 2 N–H and O–H groups in total. The summed E-state index contributed by atoms with van der Waals surface area (Å²) in [6.45, 7) is 0.698. The zero-order valence-corrected chi connectivity index (χ0v) is 17.0. The summed E-state index contributed by atoms with van der Waals surface area (Å²) in [5.74, 6) is -0.847. The Hall–Kier alpha value is -2.97. The quantitative estimate of drug-likeness (QED) is 0.694. The molecule has 0 aromatic heterocycles. The highest BCUT2D eigenvalue weighted by Crippen LogP contribution is 2.35. The van der Waals surface area contributed by atoms with Crippen molar-refractivity contribution in [2.24, 2.45) is 10.9 Å². The van der Waals surface area contributed by atoms with E-state index < -0.39 is 12.5 Å². The number of carbonyl (C=O) groups excluding carboxylic acids is 1. The number of hydrogen-bond acceptors (Lipinski definition) is 5. The Balaban J connectivity index is 1.89. The summed E-state index contributed by atoms with van der Waals surface area (Å²) in [6.07, 6.45) is 4.59. The molecular weight excluding hydrogens is 399 g/mol. The minimum Gasteiger partial charge on any atom is -0.496 e. The van der Waals surface area contributed by atoms with Crippen LogP contribution < -0.4 is 20.1 Å². The number of amidine groups is 1. The summed E-state index contributed by atoms with van der Waals surface area (Å²) in [6, 6.07) is 2.96. The molecule has 1 unspecified atom stereocenters. The van der Waals surface area contributed by atoms with E-state index in [1.807, 2.05) is 0 Å². The minimum absolute atomic E-state index is 0.0413. The maximum absolute atomic E-state index is 13.7. The van der Waals surface area contributed by atoms with Crippen LogP contribution in [0.25, 0.3) is 5.57 Å². The molecule has 0 radical (unpaired) electrons. The summed E-state index contributed by atoms with van der Waals surface area (Å²) in [5, 5.41) is 5.66. The minimum atomic E-state index is -3.11. The Morgan fingerprint density at radius 3 is 2.60 bits per heavy atom. The summed E-state index contributed by atoms with van der Waals surface area (Å²) in [7, 11) is 1.35. The van der Waals surface area contributed by atoms with Gasteiger partial charge in [-0.3, -0.25) is 9.79 Å². The summed E-state index contributed by atoms with van der Waals surface area (Å²) < 4.78 is 49.6. The van der Waals surface area contributed by atoms with Gasteiger partial charge in [0.1, 0.15) is 28.7 Å². The van der Waals surface area contributed by atoms with Crippen LogP contribution in [0.15, 0.2) is 35.2 Å². The standard InChI is InChI=1S/C21H24F3N3O3/c1-11(9-25-18-8-15(22)12(2)10-26-18)13-6-16(29-3)19(17(7-13)30-21(23)24)20(28)27-14-4-5-14/h6-9,12,14,21H,4-5,10H2,1-3H3,(H,25,26)(H,27,28)/b11-9+. The fraction of sp³-hybridized carbons (Fsp3) is 0.429. The fourth-order valence-corrected chi connectivity index (χ4v) is 2.87. The van der Waals surface area contributed by atoms with Crippen LogP contribution in [0.5, 0.6) is 11.5 Å². The number of amides is 1. The molecule has 1 heterocycles. The van der Waals surface area contributed by atoms with Gasteiger partial charge < -0.3 is 20.1 Å². The Labute approximate surface area is 172 Å². The first kappa shape index (κ1) is 21.7. The molecule has 30 heavy (non-hydrogen) atoms. The van der Waals surface area contributed by atoms with E-state index in [2.05, 4.69) is 20.4 Å². The maximum atomic E-state index is 13.7. The summed E-state index contributed by atoms with van der Waals surface area (Å²) in [5.41, 5.74) is 1.04. The monoisotopic (exact) mass is 423 g/mol. The SMILES string of the molecule is COc1cc(/C(C)=C/NC2=NCC(C)C(F)=C2)cc(OC(F)F)c1C(=O)NC1CC1. The van der Waals surface area contributed by atoms with Gasteiger partial charge in [0, 0.05) is 24.2 Å². The average Bonchev–Trinajstić information content (AvgIpc) is 3.51. The van der Waals surface area contributed by atoms with Crippen molar-refractivity contribution < 1.29 is 27.4 Å². The number of carbonyl (C=O) groups is 1. The Morgan fingerprint density at radius 1 is 1.30 bits per heavy atom. The number of ether oxygens (including phenoxy) is 2. The molecule has 0 spiro atoms. The van der Waals surface area contributed by atoms with E-state index in [1.165, 1.54) is 19.3 Å². The first-order chi connectivity index (χ1) is 14.3. The number of aliphatic imine (C=N–C) groups is 1. The van der Waals surface area contributed by atoms with Crippen LogP contribution in [-0.2, 0) is 0 Å². The normalized spacial score (nSPS) is 19.2. The highest BCUT2D eigenvalue weighted by atomic mass is 19.3. The Morgan fingerprint density at radius 2 is 2.00 bits per heavy atom. The van der Waals surface area contributed by atoms with E-state index >= 15 is 0 Å². The molecule has 1 aromatic carbocycles. The van der Waals surface area contributed by atoms with Crippen molar-refractivity contribution in [3.05, 3.63) is 41.4 Å². The molecule has 1 saturated carbocycles. The number of nitrogens with zero attached hydrogens (tertiary/aromatic N) is 1. The largest absolute Gasteiger partial charge is 0.496 e. The lowest BCUT2D eigenvalue weighted by molar-refractivity contribution is -0.0502. The molecule has 1 amide bonds. The van der Waals surface area contributed by atoms with Gasteiger partial charge in [-0.15, -0.1) is 0 Å². The lowest BCUT2D eigenvalue weighted by Gasteiger charge is -2.17. The lowest BCUT2D eigenvalue weighted by atomic mass is 10.0. The van der Waals surface area contributed by atoms with Crippen LogP contribution in [0.2, 0.25) is 0 Å². The van der Waals surface area contributed by atoms with Gasteiger partial charge in [-0.2, -0.15) is 8.78 Å². The molecule has 1 aliphatic heterocycles. The lowest BCUT2D eigenvalue weighted by Crippen LogP contribution is -2.27. The first-order valence-electron chi connectivity index (χ1n) is 9.61. The van der Waals surface area contributed by atoms with Crippen molar-refractivity contribution >= 4 is 17.3 Å². The van der Waals surface area contributed by atoms with Crippen LogP contribution in [0.1, 0.15) is 42.6 Å². The third-order valence-electron chi connectivity index (χ3n) is 4.81. The van der Waals surface area contributed by atoms with Crippen molar-refractivity contribution in [3.63, 3.8) is 0 Å². The molecule has 6 nitrogen and oxygen atoms in total. The number of nitrogens with one attached hydrogen (secondary N) is 2. The molecule has 1 aliphatic carbocycles. The van der Waals surface area contributed by atoms with Gasteiger partial charge in [-0.25, -0.2) is 4.39 Å². The maximum Gasteiger partial charge on any atom is 0.387 e. The van der Waals surface area contributed by atoms with Crippen LogP contribution in [0.4, 0.5) is 13.2 Å². The van der Waals surface area contributed by atoms with Gasteiger partial charge in [-0.05, 0) is 43.0 Å². The van der Waals surface area contributed by atoms with E-state index in [1.54, 1.807) is 26.1 Å². The first-order valence-corrected chi connectivity index (χ1v) is 9.61. The van der Waals surface area contributed by atoms with Crippen LogP contribution >= 0.6 is 0 Å². The number of methoxy groups -OCH3 is 1. The molecule has 1 atom stereocenters. The number of rotatable bonds is 7. The van der Waals surface area contributed by atoms with E-state index in [0.29, 0.717) is 23.5 Å². The number of benzene rings is 1. The Bertz CT molecular complexity index is 908. The van der Waals surface area contributed by atoms with Gasteiger partial charge in [0.25, 0.3) is 5.91 Å². The second-order valence-electron chi connectivity index (χ2n) is 7.31. The zero-order valence-electron chi connectivity index (χ0n) is 17.0. The van der Waals surface area contributed by atoms with Crippen molar-refractivity contribution in [1.82, 2.24) is 10.6 Å². The second-order valence-corrected chi connectivity index (χ2v) is 7.31. The fourth-order valence-electron chi connectivity index (χ4n) is 2.87. The van der Waals surface area contributed by atoms with Crippen LogP contribution in [0.3, 0.4) is 0 Å². The highest BCUT2D eigenvalue weighted by molar-refractivity contribution is 6.01. The zero-order chi connectivity index (χ0) is 21.8. The van der Waals surface area contributed by atoms with Crippen molar-refractivity contribution in [2.45, 2.75) is 39.3 Å². The highest BCUT2D eigenvalue weighted by Gasteiger charge is 2.28. The molecule has 0 bridgehead atoms. The molecule has 1 aromatic rings. The molecule has 162 valence electrons. The Kier molecular flexibility index (Phi) is 6.69. The average molecular weight is 423 g/mol. The van der Waals surface area contributed by atoms with E-state index in [9.17, 15) is 18.0 Å². The molecule has 1 fully saturated rings. The van der Waals surface area contributed by atoms with E-state index in [-0.39, 0.29) is 34.8 Å². The van der Waals surface area contributed by atoms with E-state index in [0.717, 1.165) is 12.8 Å². The molecule has 3 rings (SSSR count). The van der Waals surface area contributed by atoms with Gasteiger partial charge in [-0.1, -0.05) is 6.92 Å². The van der Waals surface area contributed by atoms with Gasteiger partial charge >= 0.3 is 6.61 Å². The number of halogens is 3. The van der Waals surface area contributed by atoms with E-state index in [4.69, 9.17) is 4.74 Å². The predicted octanol–water partition coefficient (Wildman–Crippen LogP) is 4.04. The smallest absolute Gasteiger partial charge is 0.387 e. The molecule has 9 heteroatoms. The number of allylic oxidation sites excluding steroid dienone is 1. The van der Waals surface area contributed by atoms with Crippen LogP contribution in [0, 0.1) is 5.92 Å². The van der Waals surface area contributed by atoms with Crippen molar-refractivity contribution in [1.29, 1.82) is 0 Å². The van der Waals surface area contributed by atoms with Gasteiger partial charge in [0.05, 0.1) is 13.7 Å². The molecule has 2 aliphatic rings. The predicted molar refractivity (Wildman–Crippen MR) is 108 cm³/mol. The third kappa shape index (κ3) is 5.34. The third-order valence-corrected chi connectivity index (χ3v) is 4.81. The molecule has 0 saturated heterocycles. The number of dihydropyridines is 1. The van der Waals surface area contributed by atoms with Gasteiger partial charge in [0.15, 0.2) is 0 Å². The van der Waals surface area contributed by atoms with Crippen molar-refractivity contribution in [2.75, 3.05) is 13.7 Å². The van der Waals surface area contributed by atoms with Gasteiger partial charge in [0.2, 0.25) is 0 Å². The second kappa shape index (κ2) is 9.23. The van der Waals surface area contributed by atoms with Crippen LogP contribution in [-0.4, -0.2) is 38.1 Å². The summed E-state index contributed by atoms with van der Waals surface area (Å²) in [4.78, 5) is 16.8. The number of hydrogen-bond donors (Lipinski definition) is 2. The molecular formula is C21H24F3N3O3. The topological polar surface area (TPSA) is 71.9 Å². The van der Waals surface area contributed by atoms with Crippen molar-refractivity contribution in [3.8, 4) is 11.5 Å². The summed E-state index contributed by atoms with van der Waals surface area (Å²) >= 11 is 0. The number of alkyl halides is 2.